The minimum Gasteiger partial charge on any atom is -0.292 e. The van der Waals surface area contributed by atoms with Crippen LogP contribution in [0.25, 0.3) is 0 Å². The molecule has 0 N–H and O–H groups in total. The number of halogens is 2. The molecule has 2 aromatic rings. The van der Waals surface area contributed by atoms with Gasteiger partial charge in [-0.15, -0.1) is 0 Å². The maximum Gasteiger partial charge on any atom is 0.187 e. The average Bonchev–Trinajstić information content (AvgIpc) is 2.34. The summed E-state index contributed by atoms with van der Waals surface area (Å²) in [7, 11) is 0. The molecule has 1 aromatic heterocycles. The van der Waals surface area contributed by atoms with E-state index >= 15 is 0 Å². The smallest absolute Gasteiger partial charge is 0.187 e. The van der Waals surface area contributed by atoms with Gasteiger partial charge in [-0.3, -0.25) is 9.78 Å². The Morgan fingerprint density at radius 2 is 2.18 bits per heavy atom. The van der Waals surface area contributed by atoms with E-state index in [0.29, 0.717) is 10.6 Å². The molecule has 0 amide bonds. The van der Waals surface area contributed by atoms with Crippen molar-refractivity contribution in [3.8, 4) is 0 Å². The molecule has 3 nitrogen and oxygen atoms in total. The Hall–Kier alpha value is -1.81. The molecule has 5 heteroatoms. The molecule has 2 rings (SSSR count). The van der Waals surface area contributed by atoms with Crippen LogP contribution in [-0.4, -0.2) is 15.8 Å². The van der Waals surface area contributed by atoms with Gasteiger partial charge in [0, 0.05) is 23.8 Å². The molecule has 0 aliphatic heterocycles. The van der Waals surface area contributed by atoms with Gasteiger partial charge in [-0.1, -0.05) is 17.7 Å². The molecule has 0 unspecified atom stereocenters. The number of aromatic nitrogens is 2. The summed E-state index contributed by atoms with van der Waals surface area (Å²) < 4.78 is 13.5. The summed E-state index contributed by atoms with van der Waals surface area (Å²) in [4.78, 5) is 19.4. The van der Waals surface area contributed by atoms with E-state index in [1.807, 2.05) is 0 Å². The highest BCUT2D eigenvalue weighted by Crippen LogP contribution is 2.16. The lowest BCUT2D eigenvalue weighted by Crippen LogP contribution is -2.07. The highest BCUT2D eigenvalue weighted by Gasteiger charge is 2.11. The van der Waals surface area contributed by atoms with Crippen molar-refractivity contribution >= 4 is 17.4 Å². The molecule has 0 saturated carbocycles. The standard InChI is InChI=1S/C12H8ClFN2O/c13-9-2-1-8(10(14)6-9)5-12(17)11-7-15-3-4-16-11/h1-4,6-7H,5H2. The molecule has 0 fully saturated rings. The predicted octanol–water partition coefficient (Wildman–Crippen LogP) is 2.69. The molecule has 1 aromatic carbocycles. The topological polar surface area (TPSA) is 42.9 Å². The fourth-order valence-corrected chi connectivity index (χ4v) is 1.53. The van der Waals surface area contributed by atoms with E-state index in [1.165, 1.54) is 30.7 Å². The molecule has 0 aliphatic rings. The number of Topliss-reactive ketones (excluding diaryl/α,β-unsaturated/α-hetero) is 1. The van der Waals surface area contributed by atoms with Crippen LogP contribution in [0.2, 0.25) is 5.02 Å². The second-order valence-corrected chi connectivity index (χ2v) is 3.86. The van der Waals surface area contributed by atoms with E-state index in [4.69, 9.17) is 11.6 Å². The lowest BCUT2D eigenvalue weighted by atomic mass is 10.1. The zero-order chi connectivity index (χ0) is 12.3. The molecule has 0 aliphatic carbocycles. The summed E-state index contributed by atoms with van der Waals surface area (Å²) >= 11 is 5.62. The molecule has 17 heavy (non-hydrogen) atoms. The molecule has 0 spiro atoms. The molecule has 0 bridgehead atoms. The first kappa shape index (κ1) is 11.7. The number of rotatable bonds is 3. The van der Waals surface area contributed by atoms with Gasteiger partial charge < -0.3 is 0 Å². The van der Waals surface area contributed by atoms with Crippen LogP contribution < -0.4 is 0 Å². The Balaban J connectivity index is 2.19. The number of nitrogens with zero attached hydrogens (tertiary/aromatic N) is 2. The summed E-state index contributed by atoms with van der Waals surface area (Å²) in [5.41, 5.74) is 0.520. The van der Waals surface area contributed by atoms with Crippen molar-refractivity contribution in [2.24, 2.45) is 0 Å². The number of ketones is 1. The maximum atomic E-state index is 13.5. The maximum absolute atomic E-state index is 13.5. The van der Waals surface area contributed by atoms with Crippen molar-refractivity contribution in [2.45, 2.75) is 6.42 Å². The third-order valence-electron chi connectivity index (χ3n) is 2.21. The Bertz CT molecular complexity index is 545. The number of hydrogen-bond acceptors (Lipinski definition) is 3. The molecule has 0 atom stereocenters. The van der Waals surface area contributed by atoms with Crippen molar-refractivity contribution in [1.82, 2.24) is 9.97 Å². The van der Waals surface area contributed by atoms with E-state index in [0.717, 1.165) is 0 Å². The van der Waals surface area contributed by atoms with Crippen LogP contribution in [0.15, 0.2) is 36.8 Å². The van der Waals surface area contributed by atoms with Crippen LogP contribution >= 0.6 is 11.6 Å². The summed E-state index contributed by atoms with van der Waals surface area (Å²) in [6.45, 7) is 0. The van der Waals surface area contributed by atoms with E-state index in [1.54, 1.807) is 6.07 Å². The van der Waals surface area contributed by atoms with Crippen molar-refractivity contribution in [3.05, 3.63) is 58.9 Å². The minimum absolute atomic E-state index is 0.0539. The Morgan fingerprint density at radius 1 is 1.35 bits per heavy atom. The quantitative estimate of drug-likeness (QED) is 0.787. The highest BCUT2D eigenvalue weighted by molar-refractivity contribution is 6.30. The minimum atomic E-state index is -0.491. The van der Waals surface area contributed by atoms with Gasteiger partial charge in [0.05, 0.1) is 6.20 Å². The van der Waals surface area contributed by atoms with Crippen LogP contribution in [0, 0.1) is 5.82 Å². The molecule has 1 heterocycles. The summed E-state index contributed by atoms with van der Waals surface area (Å²) in [6.07, 6.45) is 4.20. The van der Waals surface area contributed by atoms with E-state index < -0.39 is 5.82 Å². The van der Waals surface area contributed by atoms with Gasteiger partial charge in [0.2, 0.25) is 0 Å². The fourth-order valence-electron chi connectivity index (χ4n) is 1.37. The van der Waals surface area contributed by atoms with Crippen LogP contribution in [0.1, 0.15) is 16.1 Å². The average molecular weight is 251 g/mol. The Morgan fingerprint density at radius 3 is 2.82 bits per heavy atom. The second kappa shape index (κ2) is 5.01. The lowest BCUT2D eigenvalue weighted by molar-refractivity contribution is 0.0986. The van der Waals surface area contributed by atoms with Gasteiger partial charge in [-0.05, 0) is 17.7 Å². The Labute approximate surface area is 102 Å². The van der Waals surface area contributed by atoms with E-state index in [-0.39, 0.29) is 17.9 Å². The van der Waals surface area contributed by atoms with Crippen molar-refractivity contribution in [3.63, 3.8) is 0 Å². The monoisotopic (exact) mass is 250 g/mol. The molecule has 86 valence electrons. The van der Waals surface area contributed by atoms with Crippen molar-refractivity contribution in [2.75, 3.05) is 0 Å². The zero-order valence-electron chi connectivity index (χ0n) is 8.73. The molecule has 0 saturated heterocycles. The van der Waals surface area contributed by atoms with Gasteiger partial charge in [-0.2, -0.15) is 0 Å². The van der Waals surface area contributed by atoms with Gasteiger partial charge >= 0.3 is 0 Å². The molecule has 0 radical (unpaired) electrons. The van der Waals surface area contributed by atoms with Crippen LogP contribution in [0.3, 0.4) is 0 Å². The first-order chi connectivity index (χ1) is 8.16. The van der Waals surface area contributed by atoms with Crippen LogP contribution in [0.4, 0.5) is 4.39 Å². The van der Waals surface area contributed by atoms with Crippen LogP contribution in [0.5, 0.6) is 0 Å². The van der Waals surface area contributed by atoms with Gasteiger partial charge in [-0.25, -0.2) is 9.37 Å². The van der Waals surface area contributed by atoms with Crippen LogP contribution in [-0.2, 0) is 6.42 Å². The summed E-state index contributed by atoms with van der Waals surface area (Å²) in [5.74, 6) is -0.769. The normalized spacial score (nSPS) is 10.2. The summed E-state index contributed by atoms with van der Waals surface area (Å²) in [5, 5.41) is 0.304. The number of carbonyl (C=O) groups is 1. The Kier molecular flexibility index (Phi) is 3.44. The predicted molar refractivity (Wildman–Crippen MR) is 61.5 cm³/mol. The third-order valence-corrected chi connectivity index (χ3v) is 2.45. The summed E-state index contributed by atoms with van der Waals surface area (Å²) in [6, 6.07) is 4.22. The van der Waals surface area contributed by atoms with Gasteiger partial charge in [0.15, 0.2) is 5.78 Å². The van der Waals surface area contributed by atoms with E-state index in [9.17, 15) is 9.18 Å². The van der Waals surface area contributed by atoms with Gasteiger partial charge in [0.1, 0.15) is 11.5 Å². The second-order valence-electron chi connectivity index (χ2n) is 3.43. The molecular weight excluding hydrogens is 243 g/mol. The largest absolute Gasteiger partial charge is 0.292 e. The zero-order valence-corrected chi connectivity index (χ0v) is 9.49. The molecular formula is C12H8ClFN2O. The number of benzene rings is 1. The number of carbonyl (C=O) groups excluding carboxylic acids is 1. The third kappa shape index (κ3) is 2.85. The lowest BCUT2D eigenvalue weighted by Gasteiger charge is -2.02. The van der Waals surface area contributed by atoms with E-state index in [2.05, 4.69) is 9.97 Å². The number of hydrogen-bond donors (Lipinski definition) is 0. The first-order valence-electron chi connectivity index (χ1n) is 4.90. The SMILES string of the molecule is O=C(Cc1ccc(Cl)cc1F)c1cnccn1. The highest BCUT2D eigenvalue weighted by atomic mass is 35.5. The van der Waals surface area contributed by atoms with Crippen molar-refractivity contribution in [1.29, 1.82) is 0 Å². The first-order valence-corrected chi connectivity index (χ1v) is 5.28. The van der Waals surface area contributed by atoms with Gasteiger partial charge in [0.25, 0.3) is 0 Å². The van der Waals surface area contributed by atoms with Crippen molar-refractivity contribution < 1.29 is 9.18 Å². The fraction of sp³-hybridized carbons (Fsp3) is 0.0833.